The number of rotatable bonds is 7. The number of aryl methyl sites for hydroxylation is 3. The number of hydrogen-bond donors (Lipinski definition) is 0. The van der Waals surface area contributed by atoms with Gasteiger partial charge in [0.05, 0.1) is 6.61 Å². The van der Waals surface area contributed by atoms with Gasteiger partial charge >= 0.3 is 5.97 Å². The Labute approximate surface area is 184 Å². The summed E-state index contributed by atoms with van der Waals surface area (Å²) < 4.78 is 19.2. The molecule has 0 spiro atoms. The Morgan fingerprint density at radius 2 is 1.87 bits per heavy atom. The number of piperidine rings is 1. The maximum atomic E-state index is 14.2. The van der Waals surface area contributed by atoms with Crippen LogP contribution >= 0.6 is 0 Å². The lowest BCUT2D eigenvalue weighted by atomic mass is 9.84. The number of nitrogens with zero attached hydrogens (tertiary/aromatic N) is 1. The third-order valence-electron chi connectivity index (χ3n) is 6.03. The van der Waals surface area contributed by atoms with E-state index >= 15 is 0 Å². The smallest absolute Gasteiger partial charge is 0.306 e. The first kappa shape index (κ1) is 23.0. The molecule has 0 aromatic heterocycles. The van der Waals surface area contributed by atoms with E-state index in [4.69, 9.17) is 4.74 Å². The summed E-state index contributed by atoms with van der Waals surface area (Å²) in [5.41, 5.74) is 4.75. The van der Waals surface area contributed by atoms with Crippen LogP contribution in [0.3, 0.4) is 0 Å². The van der Waals surface area contributed by atoms with Gasteiger partial charge in [-0.05, 0) is 74.3 Å². The first-order valence-corrected chi connectivity index (χ1v) is 11.1. The molecule has 0 unspecified atom stereocenters. The van der Waals surface area contributed by atoms with Gasteiger partial charge in [-0.3, -0.25) is 9.59 Å². The molecule has 1 heterocycles. The molecule has 1 fully saturated rings. The Morgan fingerprint density at radius 3 is 2.52 bits per heavy atom. The van der Waals surface area contributed by atoms with E-state index in [1.165, 1.54) is 6.07 Å². The maximum absolute atomic E-state index is 14.2. The van der Waals surface area contributed by atoms with Crippen LogP contribution in [0.25, 0.3) is 0 Å². The second kappa shape index (κ2) is 10.1. The van der Waals surface area contributed by atoms with E-state index in [-0.39, 0.29) is 29.5 Å². The minimum Gasteiger partial charge on any atom is -0.466 e. The summed E-state index contributed by atoms with van der Waals surface area (Å²) in [5, 5.41) is 0. The van der Waals surface area contributed by atoms with Gasteiger partial charge in [0.2, 0.25) is 5.91 Å². The average molecular weight is 426 g/mol. The molecule has 5 heteroatoms. The first-order valence-electron chi connectivity index (χ1n) is 11.1. The molecule has 166 valence electrons. The second-order valence-corrected chi connectivity index (χ2v) is 8.63. The minimum atomic E-state index is -0.196. The molecule has 2 atom stereocenters. The molecule has 0 bridgehead atoms. The van der Waals surface area contributed by atoms with Crippen LogP contribution in [0.1, 0.15) is 48.9 Å². The van der Waals surface area contributed by atoms with E-state index in [1.54, 1.807) is 13.0 Å². The van der Waals surface area contributed by atoms with E-state index in [1.807, 2.05) is 37.8 Å². The minimum absolute atomic E-state index is 0.104. The zero-order valence-electron chi connectivity index (χ0n) is 18.9. The number of ether oxygens (including phenoxy) is 1. The predicted octanol–water partition coefficient (Wildman–Crippen LogP) is 5.17. The molecule has 1 aliphatic heterocycles. The summed E-state index contributed by atoms with van der Waals surface area (Å²) in [4.78, 5) is 26.6. The Morgan fingerprint density at radius 1 is 1.19 bits per heavy atom. The van der Waals surface area contributed by atoms with Crippen LogP contribution in [0.2, 0.25) is 0 Å². The van der Waals surface area contributed by atoms with Gasteiger partial charge in [0.25, 0.3) is 0 Å². The third kappa shape index (κ3) is 5.52. The fraction of sp³-hybridized carbons (Fsp3) is 0.462. The van der Waals surface area contributed by atoms with E-state index in [2.05, 4.69) is 12.1 Å². The van der Waals surface area contributed by atoms with Crippen LogP contribution in [-0.4, -0.2) is 25.0 Å². The van der Waals surface area contributed by atoms with E-state index in [0.29, 0.717) is 38.0 Å². The van der Waals surface area contributed by atoms with Gasteiger partial charge in [-0.25, -0.2) is 4.39 Å². The highest BCUT2D eigenvalue weighted by molar-refractivity contribution is 5.97. The molecule has 1 amide bonds. The molecule has 4 nitrogen and oxygen atoms in total. The van der Waals surface area contributed by atoms with Crippen LogP contribution in [0, 0.1) is 31.5 Å². The molecule has 1 saturated heterocycles. The lowest BCUT2D eigenvalue weighted by Crippen LogP contribution is -2.46. The lowest BCUT2D eigenvalue weighted by Gasteiger charge is -2.38. The van der Waals surface area contributed by atoms with Crippen LogP contribution in [0.5, 0.6) is 0 Å². The highest BCUT2D eigenvalue weighted by Crippen LogP contribution is 2.34. The Hall–Kier alpha value is -2.69. The van der Waals surface area contributed by atoms with Crippen molar-refractivity contribution in [1.29, 1.82) is 0 Å². The number of anilines is 1. The molecule has 2 aromatic rings. The number of hydrogen-bond acceptors (Lipinski definition) is 3. The van der Waals surface area contributed by atoms with Crippen molar-refractivity contribution in [3.05, 3.63) is 64.5 Å². The third-order valence-corrected chi connectivity index (χ3v) is 6.03. The summed E-state index contributed by atoms with van der Waals surface area (Å²) in [7, 11) is 0. The number of carbonyl (C=O) groups is 2. The van der Waals surface area contributed by atoms with Crippen LogP contribution < -0.4 is 4.90 Å². The SMILES string of the molecule is CCOC(=O)CCc1cc(C)c(N2C[C@@H](Cc3ccccc3F)C[C@@H](C)C2=O)c(C)c1. The van der Waals surface area contributed by atoms with Crippen molar-refractivity contribution < 1.29 is 18.7 Å². The molecule has 1 aliphatic rings. The fourth-order valence-electron chi connectivity index (χ4n) is 4.71. The second-order valence-electron chi connectivity index (χ2n) is 8.63. The van der Waals surface area contributed by atoms with Gasteiger partial charge in [-0.2, -0.15) is 0 Å². The summed E-state index contributed by atoms with van der Waals surface area (Å²) >= 11 is 0. The van der Waals surface area contributed by atoms with Crippen molar-refractivity contribution in [3.63, 3.8) is 0 Å². The summed E-state index contributed by atoms with van der Waals surface area (Å²) in [5.74, 6) is -0.162. The Kier molecular flexibility index (Phi) is 7.47. The molecule has 3 rings (SSSR count). The topological polar surface area (TPSA) is 46.6 Å². The summed E-state index contributed by atoms with van der Waals surface area (Å²) in [6.45, 7) is 8.75. The zero-order chi connectivity index (χ0) is 22.5. The molecule has 0 saturated carbocycles. The van der Waals surface area contributed by atoms with Crippen molar-refractivity contribution in [2.75, 3.05) is 18.1 Å². The van der Waals surface area contributed by atoms with Crippen LogP contribution in [-0.2, 0) is 27.2 Å². The Balaban J connectivity index is 1.80. The van der Waals surface area contributed by atoms with Crippen molar-refractivity contribution in [2.45, 2.75) is 53.4 Å². The number of halogens is 1. The van der Waals surface area contributed by atoms with Crippen molar-refractivity contribution in [3.8, 4) is 0 Å². The molecule has 31 heavy (non-hydrogen) atoms. The van der Waals surface area contributed by atoms with Crippen molar-refractivity contribution in [2.24, 2.45) is 11.8 Å². The lowest BCUT2D eigenvalue weighted by molar-refractivity contribution is -0.143. The first-order chi connectivity index (χ1) is 14.8. The van der Waals surface area contributed by atoms with E-state index in [0.717, 1.165) is 28.8 Å². The van der Waals surface area contributed by atoms with Crippen molar-refractivity contribution >= 4 is 17.6 Å². The molecule has 0 radical (unpaired) electrons. The highest BCUT2D eigenvalue weighted by atomic mass is 19.1. The quantitative estimate of drug-likeness (QED) is 0.575. The van der Waals surface area contributed by atoms with Gasteiger partial charge in [0.15, 0.2) is 0 Å². The standard InChI is InChI=1S/C26H32FNO3/c1-5-31-24(29)11-10-20-12-17(2)25(18(3)13-20)28-16-21(14-19(4)26(28)30)15-22-8-6-7-9-23(22)27/h6-9,12-13,19,21H,5,10-11,14-16H2,1-4H3/t19-,21-/m1/s1. The zero-order valence-corrected chi connectivity index (χ0v) is 18.9. The number of benzene rings is 2. The summed E-state index contributed by atoms with van der Waals surface area (Å²) in [6, 6.07) is 11.0. The molecule has 0 aliphatic carbocycles. The highest BCUT2D eigenvalue weighted by Gasteiger charge is 2.34. The fourth-order valence-corrected chi connectivity index (χ4v) is 4.71. The summed E-state index contributed by atoms with van der Waals surface area (Å²) in [6.07, 6.45) is 2.34. The maximum Gasteiger partial charge on any atom is 0.306 e. The number of esters is 1. The predicted molar refractivity (Wildman–Crippen MR) is 121 cm³/mol. The number of amides is 1. The average Bonchev–Trinajstić information content (AvgIpc) is 2.71. The monoisotopic (exact) mass is 425 g/mol. The van der Waals surface area contributed by atoms with Gasteiger partial charge in [-0.15, -0.1) is 0 Å². The largest absolute Gasteiger partial charge is 0.466 e. The van der Waals surface area contributed by atoms with Crippen LogP contribution in [0.15, 0.2) is 36.4 Å². The van der Waals surface area contributed by atoms with Crippen molar-refractivity contribution in [1.82, 2.24) is 0 Å². The molecule has 2 aromatic carbocycles. The van der Waals surface area contributed by atoms with Gasteiger partial charge < -0.3 is 9.64 Å². The van der Waals surface area contributed by atoms with Gasteiger partial charge in [-0.1, -0.05) is 37.3 Å². The van der Waals surface area contributed by atoms with Crippen LogP contribution in [0.4, 0.5) is 10.1 Å². The van der Waals surface area contributed by atoms with Gasteiger partial charge in [0, 0.05) is 24.6 Å². The van der Waals surface area contributed by atoms with E-state index in [9.17, 15) is 14.0 Å². The van der Waals surface area contributed by atoms with E-state index < -0.39 is 0 Å². The Bertz CT molecular complexity index is 932. The molecule has 0 N–H and O–H groups in total. The molecular weight excluding hydrogens is 393 g/mol. The van der Waals surface area contributed by atoms with Gasteiger partial charge in [0.1, 0.15) is 5.82 Å². The normalized spacial score (nSPS) is 18.9. The molecular formula is C26H32FNO3. The number of carbonyl (C=O) groups excluding carboxylic acids is 2.